The maximum absolute atomic E-state index is 13.4. The van der Waals surface area contributed by atoms with Gasteiger partial charge in [0.2, 0.25) is 5.91 Å². The van der Waals surface area contributed by atoms with Gasteiger partial charge in [-0.1, -0.05) is 44.2 Å². The average molecular weight is 384 g/mol. The van der Waals surface area contributed by atoms with E-state index in [1.54, 1.807) is 19.3 Å². The Morgan fingerprint density at radius 3 is 2.74 bits per heavy atom. The molecule has 2 aliphatic rings. The lowest BCUT2D eigenvalue weighted by Gasteiger charge is -2.25. The molecule has 2 amide bonds. The van der Waals surface area contributed by atoms with E-state index in [1.165, 1.54) is 43.4 Å². The fraction of sp³-hybridized carbons (Fsp3) is 0.476. The van der Waals surface area contributed by atoms with Gasteiger partial charge in [-0.25, -0.2) is 4.98 Å². The van der Waals surface area contributed by atoms with E-state index in [9.17, 15) is 9.59 Å². The van der Waals surface area contributed by atoms with E-state index in [2.05, 4.69) is 15.6 Å². The quantitative estimate of drug-likeness (QED) is 0.820. The van der Waals surface area contributed by atoms with E-state index in [0.717, 1.165) is 12.0 Å². The zero-order valence-corrected chi connectivity index (χ0v) is 16.3. The van der Waals surface area contributed by atoms with Gasteiger partial charge in [0.15, 0.2) is 5.13 Å². The van der Waals surface area contributed by atoms with Crippen molar-refractivity contribution in [3.63, 3.8) is 0 Å². The lowest BCUT2D eigenvalue weighted by atomic mass is 9.80. The molecule has 6 heteroatoms. The molecule has 1 aromatic carbocycles. The summed E-state index contributed by atoms with van der Waals surface area (Å²) in [5.41, 5.74) is 1.01. The maximum Gasteiger partial charge on any atom is 0.251 e. The van der Waals surface area contributed by atoms with Crippen LogP contribution < -0.4 is 10.6 Å². The molecule has 1 aromatic heterocycles. The van der Waals surface area contributed by atoms with E-state index in [-0.39, 0.29) is 11.8 Å². The first-order valence-corrected chi connectivity index (χ1v) is 10.6. The zero-order chi connectivity index (χ0) is 18.9. The zero-order valence-electron chi connectivity index (χ0n) is 15.5. The van der Waals surface area contributed by atoms with Crippen LogP contribution in [0.15, 0.2) is 35.8 Å². The molecule has 2 atom stereocenters. The fourth-order valence-electron chi connectivity index (χ4n) is 4.69. The average Bonchev–Trinajstić information content (AvgIpc) is 3.29. The van der Waals surface area contributed by atoms with Crippen molar-refractivity contribution in [2.75, 3.05) is 12.4 Å². The normalized spacial score (nSPS) is 25.0. The molecule has 2 saturated carbocycles. The van der Waals surface area contributed by atoms with Gasteiger partial charge < -0.3 is 10.6 Å². The van der Waals surface area contributed by atoms with Gasteiger partial charge in [0.05, 0.1) is 5.41 Å². The van der Waals surface area contributed by atoms with Crippen LogP contribution in [0.25, 0.3) is 0 Å². The first kappa shape index (κ1) is 18.2. The number of carbonyl (C=O) groups is 2. The number of thiazole rings is 1. The number of hydrogen-bond acceptors (Lipinski definition) is 4. The number of anilines is 1. The molecule has 142 valence electrons. The van der Waals surface area contributed by atoms with Gasteiger partial charge in [-0.3, -0.25) is 9.59 Å². The summed E-state index contributed by atoms with van der Waals surface area (Å²) in [6.45, 7) is 0. The number of carbonyl (C=O) groups excluding carboxylic acids is 2. The van der Waals surface area contributed by atoms with E-state index in [4.69, 9.17) is 0 Å². The minimum Gasteiger partial charge on any atom is -0.355 e. The van der Waals surface area contributed by atoms with E-state index < -0.39 is 5.41 Å². The Morgan fingerprint density at radius 1 is 1.22 bits per heavy atom. The molecule has 0 radical (unpaired) electrons. The van der Waals surface area contributed by atoms with Crippen LogP contribution in [0.4, 0.5) is 5.13 Å². The van der Waals surface area contributed by atoms with Crippen LogP contribution in [0.2, 0.25) is 0 Å². The number of aromatic nitrogens is 1. The minimum absolute atomic E-state index is 0.0158. The summed E-state index contributed by atoms with van der Waals surface area (Å²) in [5.74, 6) is 0.825. The van der Waals surface area contributed by atoms with Crippen molar-refractivity contribution < 1.29 is 9.59 Å². The van der Waals surface area contributed by atoms with Crippen LogP contribution in [0.3, 0.4) is 0 Å². The predicted octanol–water partition coefficient (Wildman–Crippen LogP) is 3.98. The van der Waals surface area contributed by atoms with Gasteiger partial charge in [-0.05, 0) is 36.0 Å². The summed E-state index contributed by atoms with van der Waals surface area (Å²) in [6, 6.07) is 7.57. The number of nitrogens with zero attached hydrogens (tertiary/aromatic N) is 1. The van der Waals surface area contributed by atoms with Crippen molar-refractivity contribution in [2.45, 2.75) is 43.9 Å². The summed E-state index contributed by atoms with van der Waals surface area (Å²) in [5, 5.41) is 8.19. The van der Waals surface area contributed by atoms with Crippen molar-refractivity contribution in [1.29, 1.82) is 0 Å². The minimum atomic E-state index is -0.544. The van der Waals surface area contributed by atoms with Crippen LogP contribution in [-0.2, 0) is 10.2 Å². The largest absolute Gasteiger partial charge is 0.355 e. The standard InChI is InChI=1S/C21H25N3O2S/c1-22-18(25)15-8-5-9-16(12-15)21(19(26)24-20-23-10-11-27-20)13-17(21)14-6-3-2-4-7-14/h5,8-12,14,17H,2-4,6-7,13H2,1H3,(H,22,25)(H,23,24,26)/t17-,21-/m0/s1. The van der Waals surface area contributed by atoms with Crippen molar-refractivity contribution in [3.05, 3.63) is 47.0 Å². The second-order valence-electron chi connectivity index (χ2n) is 7.63. The molecule has 0 saturated heterocycles. The first-order valence-electron chi connectivity index (χ1n) is 9.68. The SMILES string of the molecule is CNC(=O)c1cccc([C@@]2(C(=O)Nc3nccs3)C[C@H]2C2CCCCC2)c1. The van der Waals surface area contributed by atoms with Crippen LogP contribution in [-0.4, -0.2) is 23.8 Å². The second-order valence-corrected chi connectivity index (χ2v) is 8.53. The third-order valence-corrected chi connectivity index (χ3v) is 6.85. The van der Waals surface area contributed by atoms with Gasteiger partial charge in [0, 0.05) is 24.2 Å². The second kappa shape index (κ2) is 7.43. The Bertz CT molecular complexity index is 830. The Balaban J connectivity index is 1.67. The highest BCUT2D eigenvalue weighted by Gasteiger charge is 2.63. The van der Waals surface area contributed by atoms with Crippen LogP contribution in [0, 0.1) is 11.8 Å². The number of hydrogen-bond donors (Lipinski definition) is 2. The van der Waals surface area contributed by atoms with Gasteiger partial charge in [0.25, 0.3) is 5.91 Å². The molecule has 1 heterocycles. The summed E-state index contributed by atoms with van der Waals surface area (Å²) >= 11 is 1.43. The van der Waals surface area contributed by atoms with Gasteiger partial charge in [-0.15, -0.1) is 11.3 Å². The molecule has 2 fully saturated rings. The molecule has 2 aromatic rings. The van der Waals surface area contributed by atoms with E-state index in [1.807, 2.05) is 23.6 Å². The summed E-state index contributed by atoms with van der Waals surface area (Å²) in [6.07, 6.45) is 8.76. The van der Waals surface area contributed by atoms with Crippen molar-refractivity contribution >= 4 is 28.3 Å². The smallest absolute Gasteiger partial charge is 0.251 e. The first-order chi connectivity index (χ1) is 13.1. The molecule has 0 aliphatic heterocycles. The molecular weight excluding hydrogens is 358 g/mol. The van der Waals surface area contributed by atoms with E-state index in [0.29, 0.717) is 22.5 Å². The number of amides is 2. The highest BCUT2D eigenvalue weighted by atomic mass is 32.1. The summed E-state index contributed by atoms with van der Waals surface area (Å²) in [4.78, 5) is 29.7. The van der Waals surface area contributed by atoms with Crippen molar-refractivity contribution in [1.82, 2.24) is 10.3 Å². The Kier molecular flexibility index (Phi) is 5.00. The fourth-order valence-corrected chi connectivity index (χ4v) is 5.22. The Morgan fingerprint density at radius 2 is 2.04 bits per heavy atom. The highest BCUT2D eigenvalue weighted by molar-refractivity contribution is 7.13. The Hall–Kier alpha value is -2.21. The molecule has 5 nitrogen and oxygen atoms in total. The number of nitrogens with one attached hydrogen (secondary N) is 2. The monoisotopic (exact) mass is 383 g/mol. The summed E-state index contributed by atoms with van der Waals surface area (Å²) in [7, 11) is 1.63. The predicted molar refractivity (Wildman–Crippen MR) is 107 cm³/mol. The highest BCUT2D eigenvalue weighted by Crippen LogP contribution is 2.61. The van der Waals surface area contributed by atoms with Crippen LogP contribution in [0.1, 0.15) is 54.4 Å². The van der Waals surface area contributed by atoms with E-state index >= 15 is 0 Å². The van der Waals surface area contributed by atoms with Gasteiger partial charge in [0.1, 0.15) is 0 Å². The molecule has 0 spiro atoms. The lowest BCUT2D eigenvalue weighted by molar-refractivity contribution is -0.119. The summed E-state index contributed by atoms with van der Waals surface area (Å²) < 4.78 is 0. The maximum atomic E-state index is 13.4. The topological polar surface area (TPSA) is 71.1 Å². The van der Waals surface area contributed by atoms with Crippen LogP contribution in [0.5, 0.6) is 0 Å². The number of rotatable bonds is 5. The number of benzene rings is 1. The molecule has 4 rings (SSSR count). The van der Waals surface area contributed by atoms with Gasteiger partial charge >= 0.3 is 0 Å². The van der Waals surface area contributed by atoms with Crippen molar-refractivity contribution in [3.8, 4) is 0 Å². The molecule has 2 aliphatic carbocycles. The third-order valence-electron chi connectivity index (χ3n) is 6.16. The van der Waals surface area contributed by atoms with Crippen molar-refractivity contribution in [2.24, 2.45) is 11.8 Å². The Labute approximate surface area is 163 Å². The van der Waals surface area contributed by atoms with Gasteiger partial charge in [-0.2, -0.15) is 0 Å². The molecule has 2 N–H and O–H groups in total. The van der Waals surface area contributed by atoms with Crippen LogP contribution >= 0.6 is 11.3 Å². The molecule has 0 unspecified atom stereocenters. The third kappa shape index (κ3) is 3.38. The molecule has 0 bridgehead atoms. The molecular formula is C21H25N3O2S. The lowest BCUT2D eigenvalue weighted by Crippen LogP contribution is -2.32. The molecule has 27 heavy (non-hydrogen) atoms.